The molecular weight excluding hydrogens is 176 g/mol. The molecule has 6 N–H and O–H groups in total. The first-order chi connectivity index (χ1) is 6.11. The Hall–Kier alpha value is -0.240. The van der Waals surface area contributed by atoms with E-state index in [0.717, 1.165) is 0 Å². The van der Waals surface area contributed by atoms with Gasteiger partial charge >= 0.3 is 0 Å². The van der Waals surface area contributed by atoms with Crippen LogP contribution in [0.15, 0.2) is 0 Å². The molecule has 1 aliphatic rings. The van der Waals surface area contributed by atoms with E-state index in [2.05, 4.69) is 0 Å². The van der Waals surface area contributed by atoms with Crippen LogP contribution in [-0.4, -0.2) is 54.5 Å². The second kappa shape index (κ2) is 4.32. The lowest BCUT2D eigenvalue weighted by Crippen LogP contribution is -2.62. The molecule has 0 saturated carbocycles. The van der Waals surface area contributed by atoms with Crippen LogP contribution in [0, 0.1) is 0 Å². The maximum Gasteiger partial charge on any atom is 0.175 e. The van der Waals surface area contributed by atoms with E-state index in [9.17, 15) is 10.2 Å². The second-order valence-electron chi connectivity index (χ2n) is 3.07. The lowest BCUT2D eigenvalue weighted by atomic mass is 9.97. The molecule has 5 atom stereocenters. The summed E-state index contributed by atoms with van der Waals surface area (Å²) in [6, 6.07) is -0.747. The summed E-state index contributed by atoms with van der Waals surface area (Å²) in [6.07, 6.45) is -3.45. The first-order valence-electron chi connectivity index (χ1n) is 4.11. The van der Waals surface area contributed by atoms with Gasteiger partial charge in [-0.3, -0.25) is 0 Å². The molecule has 1 aliphatic heterocycles. The summed E-state index contributed by atoms with van der Waals surface area (Å²) in [5.74, 6) is 0. The number of nitrogens with two attached hydrogens (primary N) is 2. The largest absolute Gasteiger partial charge is 0.388 e. The molecule has 1 rings (SSSR count). The molecule has 0 aromatic carbocycles. The predicted octanol–water partition coefficient (Wildman–Crippen LogP) is -2.63. The Morgan fingerprint density at radius 3 is 2.46 bits per heavy atom. The minimum Gasteiger partial charge on any atom is -0.388 e. The Labute approximate surface area is 76.4 Å². The molecule has 78 valence electrons. The third kappa shape index (κ3) is 1.98. The van der Waals surface area contributed by atoms with Crippen molar-refractivity contribution in [3.63, 3.8) is 0 Å². The van der Waals surface area contributed by atoms with Crippen LogP contribution < -0.4 is 11.5 Å². The molecule has 0 aromatic heterocycles. The third-order valence-corrected chi connectivity index (χ3v) is 2.21. The number of aliphatic hydroxyl groups is 2. The Bertz CT molecular complexity index is 149. The van der Waals surface area contributed by atoms with Gasteiger partial charge in [-0.1, -0.05) is 0 Å². The van der Waals surface area contributed by atoms with Crippen LogP contribution in [0.4, 0.5) is 0 Å². The van der Waals surface area contributed by atoms with Crippen molar-refractivity contribution in [2.24, 2.45) is 11.5 Å². The smallest absolute Gasteiger partial charge is 0.175 e. The van der Waals surface area contributed by atoms with E-state index >= 15 is 0 Å². The number of rotatable bonds is 2. The molecule has 1 saturated heterocycles. The Morgan fingerprint density at radius 1 is 1.38 bits per heavy atom. The summed E-state index contributed by atoms with van der Waals surface area (Å²) in [6.45, 7) is 0.116. The number of aliphatic hydroxyl groups excluding tert-OH is 2. The van der Waals surface area contributed by atoms with E-state index in [1.165, 1.54) is 7.11 Å². The molecule has 1 heterocycles. The quantitative estimate of drug-likeness (QED) is 0.381. The highest BCUT2D eigenvalue weighted by Gasteiger charge is 2.42. The van der Waals surface area contributed by atoms with Crippen molar-refractivity contribution in [3.8, 4) is 0 Å². The maximum absolute atomic E-state index is 9.46. The molecule has 0 radical (unpaired) electrons. The maximum atomic E-state index is 9.46. The first kappa shape index (κ1) is 10.8. The van der Waals surface area contributed by atoms with Crippen LogP contribution in [0.5, 0.6) is 0 Å². The van der Waals surface area contributed by atoms with Gasteiger partial charge in [0, 0.05) is 13.7 Å². The highest BCUT2D eigenvalue weighted by Crippen LogP contribution is 2.19. The lowest BCUT2D eigenvalue weighted by Gasteiger charge is -2.40. The van der Waals surface area contributed by atoms with Crippen molar-refractivity contribution >= 4 is 0 Å². The van der Waals surface area contributed by atoms with Crippen LogP contribution in [0.3, 0.4) is 0 Å². The van der Waals surface area contributed by atoms with Gasteiger partial charge in [-0.25, -0.2) is 0 Å². The highest BCUT2D eigenvalue weighted by molar-refractivity contribution is 4.91. The molecule has 1 unspecified atom stereocenters. The van der Waals surface area contributed by atoms with Crippen molar-refractivity contribution in [1.82, 2.24) is 0 Å². The molecule has 0 aromatic rings. The molecule has 13 heavy (non-hydrogen) atoms. The van der Waals surface area contributed by atoms with Crippen molar-refractivity contribution in [2.75, 3.05) is 13.7 Å². The van der Waals surface area contributed by atoms with Gasteiger partial charge in [0.15, 0.2) is 6.29 Å². The van der Waals surface area contributed by atoms with Crippen molar-refractivity contribution in [1.29, 1.82) is 0 Å². The van der Waals surface area contributed by atoms with Gasteiger partial charge in [0.2, 0.25) is 0 Å². The summed E-state index contributed by atoms with van der Waals surface area (Å²) in [4.78, 5) is 0. The van der Waals surface area contributed by atoms with E-state index in [1.54, 1.807) is 0 Å². The highest BCUT2D eigenvalue weighted by atomic mass is 16.7. The summed E-state index contributed by atoms with van der Waals surface area (Å²) in [7, 11) is 1.42. The number of ether oxygens (including phenoxy) is 2. The Kier molecular flexibility index (Phi) is 3.60. The fraction of sp³-hybridized carbons (Fsp3) is 1.00. The normalized spacial score (nSPS) is 46.4. The molecule has 6 nitrogen and oxygen atoms in total. The zero-order valence-electron chi connectivity index (χ0n) is 7.46. The van der Waals surface area contributed by atoms with E-state index in [1.807, 2.05) is 0 Å². The van der Waals surface area contributed by atoms with Gasteiger partial charge in [-0.15, -0.1) is 0 Å². The number of methoxy groups -OCH3 is 1. The van der Waals surface area contributed by atoms with Gasteiger partial charge in [0.25, 0.3) is 0 Å². The van der Waals surface area contributed by atoms with E-state index in [4.69, 9.17) is 20.9 Å². The molecule has 1 fully saturated rings. The van der Waals surface area contributed by atoms with Crippen molar-refractivity contribution in [3.05, 3.63) is 0 Å². The fourth-order valence-electron chi connectivity index (χ4n) is 1.36. The predicted molar refractivity (Wildman–Crippen MR) is 44.7 cm³/mol. The van der Waals surface area contributed by atoms with E-state index < -0.39 is 30.6 Å². The van der Waals surface area contributed by atoms with Crippen LogP contribution >= 0.6 is 0 Å². The zero-order valence-corrected chi connectivity index (χ0v) is 7.46. The number of hydrogen-bond donors (Lipinski definition) is 4. The minimum atomic E-state index is -1.06. The van der Waals surface area contributed by atoms with Crippen LogP contribution in [0.1, 0.15) is 0 Å². The monoisotopic (exact) mass is 192 g/mol. The average molecular weight is 192 g/mol. The first-order valence-corrected chi connectivity index (χ1v) is 4.11. The third-order valence-electron chi connectivity index (χ3n) is 2.21. The van der Waals surface area contributed by atoms with Gasteiger partial charge in [0.1, 0.15) is 18.3 Å². The SMILES string of the molecule is COC1O[C@H](CN)[C@@H](O)[C@H](O)[C@H]1N. The van der Waals surface area contributed by atoms with Crippen LogP contribution in [0.25, 0.3) is 0 Å². The van der Waals surface area contributed by atoms with Gasteiger partial charge in [-0.05, 0) is 0 Å². The molecule has 0 spiro atoms. The summed E-state index contributed by atoms with van der Waals surface area (Å²) < 4.78 is 10.1. The fourth-order valence-corrected chi connectivity index (χ4v) is 1.36. The van der Waals surface area contributed by atoms with Gasteiger partial charge < -0.3 is 31.2 Å². The topological polar surface area (TPSA) is 111 Å². The molecule has 0 amide bonds. The van der Waals surface area contributed by atoms with E-state index in [0.29, 0.717) is 0 Å². The summed E-state index contributed by atoms with van der Waals surface area (Å²) >= 11 is 0. The van der Waals surface area contributed by atoms with Crippen molar-refractivity contribution in [2.45, 2.75) is 30.6 Å². The average Bonchev–Trinajstić information content (AvgIpc) is 2.15. The van der Waals surface area contributed by atoms with Gasteiger partial charge in [0.05, 0.1) is 6.04 Å². The zero-order chi connectivity index (χ0) is 10.0. The van der Waals surface area contributed by atoms with Crippen LogP contribution in [-0.2, 0) is 9.47 Å². The lowest BCUT2D eigenvalue weighted by molar-refractivity contribution is -0.248. The Balaban J connectivity index is 2.66. The molecular formula is C7H16N2O4. The summed E-state index contributed by atoms with van der Waals surface area (Å²) in [5, 5.41) is 18.9. The standard InChI is InChI=1S/C7H16N2O4/c1-12-7-4(9)6(11)5(10)3(2-8)13-7/h3-7,10-11H,2,8-9H2,1H3/t3-,4-,5-,6-,7?/m1/s1. The Morgan fingerprint density at radius 2 is 2.00 bits per heavy atom. The minimum absolute atomic E-state index is 0.116. The summed E-state index contributed by atoms with van der Waals surface area (Å²) in [5.41, 5.74) is 10.9. The van der Waals surface area contributed by atoms with E-state index in [-0.39, 0.29) is 6.54 Å². The van der Waals surface area contributed by atoms with Gasteiger partial charge in [-0.2, -0.15) is 0 Å². The molecule has 0 aliphatic carbocycles. The van der Waals surface area contributed by atoms with Crippen LogP contribution in [0.2, 0.25) is 0 Å². The molecule has 0 bridgehead atoms. The molecule has 6 heteroatoms. The number of hydrogen-bond acceptors (Lipinski definition) is 6. The second-order valence-corrected chi connectivity index (χ2v) is 3.07. The van der Waals surface area contributed by atoms with Crippen molar-refractivity contribution < 1.29 is 19.7 Å².